The first kappa shape index (κ1) is 16.6. The lowest BCUT2D eigenvalue weighted by Gasteiger charge is -2.26. The smallest absolute Gasteiger partial charge is 0.0600 e. The molecule has 0 spiro atoms. The average molecular weight is 300 g/mol. The van der Waals surface area contributed by atoms with E-state index >= 15 is 0 Å². The highest BCUT2D eigenvalue weighted by Crippen LogP contribution is 2.03. The Bertz CT molecular complexity index is 470. The summed E-state index contributed by atoms with van der Waals surface area (Å²) in [5, 5.41) is 25.8. The SMILES string of the molecule is OC[C@H](NCc1ccccc1)[C@@H](CO)NCc1ccccc1. The van der Waals surface area contributed by atoms with Crippen LogP contribution in [0.1, 0.15) is 11.1 Å². The molecule has 0 aliphatic heterocycles. The van der Waals surface area contributed by atoms with Gasteiger partial charge in [-0.25, -0.2) is 0 Å². The molecule has 4 nitrogen and oxygen atoms in total. The Morgan fingerprint density at radius 2 is 1.00 bits per heavy atom. The van der Waals surface area contributed by atoms with Gasteiger partial charge in [-0.2, -0.15) is 0 Å². The van der Waals surface area contributed by atoms with Crippen LogP contribution in [0.25, 0.3) is 0 Å². The van der Waals surface area contributed by atoms with E-state index in [1.54, 1.807) is 0 Å². The van der Waals surface area contributed by atoms with Gasteiger partial charge in [-0.3, -0.25) is 0 Å². The van der Waals surface area contributed by atoms with E-state index < -0.39 is 0 Å². The number of aliphatic hydroxyl groups is 2. The first-order valence-corrected chi connectivity index (χ1v) is 7.60. The van der Waals surface area contributed by atoms with E-state index in [0.717, 1.165) is 11.1 Å². The van der Waals surface area contributed by atoms with Crippen LogP contribution in [0.3, 0.4) is 0 Å². The van der Waals surface area contributed by atoms with Crippen LogP contribution >= 0.6 is 0 Å². The predicted molar refractivity (Wildman–Crippen MR) is 88.3 cm³/mol. The van der Waals surface area contributed by atoms with Gasteiger partial charge in [0.05, 0.1) is 13.2 Å². The Hall–Kier alpha value is -1.72. The molecule has 2 aromatic carbocycles. The molecule has 2 atom stereocenters. The van der Waals surface area contributed by atoms with Crippen molar-refractivity contribution in [1.29, 1.82) is 0 Å². The maximum atomic E-state index is 9.59. The molecule has 0 bridgehead atoms. The predicted octanol–water partition coefficient (Wildman–Crippen LogP) is 1.29. The molecule has 4 heteroatoms. The molecule has 0 saturated heterocycles. The highest BCUT2D eigenvalue weighted by Gasteiger charge is 2.19. The maximum absolute atomic E-state index is 9.59. The van der Waals surface area contributed by atoms with Crippen molar-refractivity contribution >= 4 is 0 Å². The number of aliphatic hydroxyl groups excluding tert-OH is 2. The molecular formula is C18H24N2O2. The minimum absolute atomic E-state index is 0.0279. The van der Waals surface area contributed by atoms with Gasteiger partial charge in [-0.15, -0.1) is 0 Å². The van der Waals surface area contributed by atoms with Gasteiger partial charge in [0.1, 0.15) is 0 Å². The van der Waals surface area contributed by atoms with Crippen molar-refractivity contribution in [2.45, 2.75) is 25.2 Å². The van der Waals surface area contributed by atoms with Crippen molar-refractivity contribution in [3.63, 3.8) is 0 Å². The molecule has 22 heavy (non-hydrogen) atoms. The van der Waals surface area contributed by atoms with Crippen LogP contribution in [-0.4, -0.2) is 35.5 Å². The number of hydrogen-bond acceptors (Lipinski definition) is 4. The van der Waals surface area contributed by atoms with E-state index in [9.17, 15) is 10.2 Å². The third kappa shape index (κ3) is 5.24. The van der Waals surface area contributed by atoms with Crippen molar-refractivity contribution < 1.29 is 10.2 Å². The molecule has 0 unspecified atom stereocenters. The molecular weight excluding hydrogens is 276 g/mol. The molecule has 0 heterocycles. The minimum Gasteiger partial charge on any atom is -0.395 e. The van der Waals surface area contributed by atoms with E-state index in [2.05, 4.69) is 10.6 Å². The molecule has 0 amide bonds. The fraction of sp³-hybridized carbons (Fsp3) is 0.333. The van der Waals surface area contributed by atoms with Crippen LogP contribution in [0.5, 0.6) is 0 Å². The van der Waals surface area contributed by atoms with Crippen molar-refractivity contribution in [2.24, 2.45) is 0 Å². The molecule has 118 valence electrons. The van der Waals surface area contributed by atoms with Crippen molar-refractivity contribution in [1.82, 2.24) is 10.6 Å². The van der Waals surface area contributed by atoms with E-state index in [0.29, 0.717) is 13.1 Å². The Labute approximate surface area is 131 Å². The molecule has 2 aromatic rings. The second kappa shape index (κ2) is 9.33. The van der Waals surface area contributed by atoms with Gasteiger partial charge in [-0.1, -0.05) is 60.7 Å². The second-order valence-corrected chi connectivity index (χ2v) is 5.31. The lowest BCUT2D eigenvalue weighted by molar-refractivity contribution is 0.158. The van der Waals surface area contributed by atoms with Gasteiger partial charge in [-0.05, 0) is 11.1 Å². The fourth-order valence-electron chi connectivity index (χ4n) is 2.36. The number of rotatable bonds is 9. The normalized spacial score (nSPS) is 13.7. The Kier molecular flexibility index (Phi) is 7.06. The third-order valence-electron chi connectivity index (χ3n) is 3.70. The first-order chi connectivity index (χ1) is 10.8. The van der Waals surface area contributed by atoms with Crippen LogP contribution in [0.15, 0.2) is 60.7 Å². The van der Waals surface area contributed by atoms with Gasteiger partial charge in [0.25, 0.3) is 0 Å². The van der Waals surface area contributed by atoms with Gasteiger partial charge in [0, 0.05) is 25.2 Å². The van der Waals surface area contributed by atoms with Crippen LogP contribution in [0.4, 0.5) is 0 Å². The standard InChI is InChI=1S/C18H24N2O2/c21-13-17(19-11-15-7-3-1-4-8-15)18(14-22)20-12-16-9-5-2-6-10-16/h1-10,17-22H,11-14H2/t17-,18+. The number of hydrogen-bond donors (Lipinski definition) is 4. The second-order valence-electron chi connectivity index (χ2n) is 5.31. The highest BCUT2D eigenvalue weighted by atomic mass is 16.3. The van der Waals surface area contributed by atoms with E-state index in [1.807, 2.05) is 60.7 Å². The quantitative estimate of drug-likeness (QED) is 0.563. The van der Waals surface area contributed by atoms with Gasteiger partial charge in [0.15, 0.2) is 0 Å². The Morgan fingerprint density at radius 3 is 1.32 bits per heavy atom. The summed E-state index contributed by atoms with van der Waals surface area (Å²) in [6.45, 7) is 1.27. The molecule has 0 aromatic heterocycles. The zero-order chi connectivity index (χ0) is 15.6. The van der Waals surface area contributed by atoms with Gasteiger partial charge in [0.2, 0.25) is 0 Å². The zero-order valence-electron chi connectivity index (χ0n) is 12.7. The summed E-state index contributed by atoms with van der Waals surface area (Å²) in [5.74, 6) is 0. The summed E-state index contributed by atoms with van der Waals surface area (Å²) in [6.07, 6.45) is 0. The van der Waals surface area contributed by atoms with Crippen LogP contribution in [0.2, 0.25) is 0 Å². The largest absolute Gasteiger partial charge is 0.395 e. The summed E-state index contributed by atoms with van der Waals surface area (Å²) >= 11 is 0. The zero-order valence-corrected chi connectivity index (χ0v) is 12.7. The molecule has 0 fully saturated rings. The summed E-state index contributed by atoms with van der Waals surface area (Å²) < 4.78 is 0. The lowest BCUT2D eigenvalue weighted by atomic mass is 10.1. The summed E-state index contributed by atoms with van der Waals surface area (Å²) in [4.78, 5) is 0. The van der Waals surface area contributed by atoms with E-state index in [4.69, 9.17) is 0 Å². The molecule has 4 N–H and O–H groups in total. The average Bonchev–Trinajstić information content (AvgIpc) is 2.59. The summed E-state index contributed by atoms with van der Waals surface area (Å²) in [5.41, 5.74) is 2.31. The van der Waals surface area contributed by atoms with Crippen molar-refractivity contribution in [3.05, 3.63) is 71.8 Å². The van der Waals surface area contributed by atoms with E-state index in [1.165, 1.54) is 0 Å². The topological polar surface area (TPSA) is 64.5 Å². The first-order valence-electron chi connectivity index (χ1n) is 7.60. The van der Waals surface area contributed by atoms with Crippen LogP contribution in [0, 0.1) is 0 Å². The summed E-state index contributed by atoms with van der Waals surface area (Å²) in [6, 6.07) is 19.6. The fourth-order valence-corrected chi connectivity index (χ4v) is 2.36. The minimum atomic E-state index is -0.200. The van der Waals surface area contributed by atoms with Gasteiger partial charge >= 0.3 is 0 Å². The molecule has 0 saturated carbocycles. The van der Waals surface area contributed by atoms with Crippen LogP contribution in [-0.2, 0) is 13.1 Å². The number of benzene rings is 2. The summed E-state index contributed by atoms with van der Waals surface area (Å²) in [7, 11) is 0. The highest BCUT2D eigenvalue weighted by molar-refractivity contribution is 5.15. The monoisotopic (exact) mass is 300 g/mol. The molecule has 0 radical (unpaired) electrons. The van der Waals surface area contributed by atoms with Crippen molar-refractivity contribution in [3.8, 4) is 0 Å². The lowest BCUT2D eigenvalue weighted by Crippen LogP contribution is -2.51. The third-order valence-corrected chi connectivity index (χ3v) is 3.70. The molecule has 2 rings (SSSR count). The molecule has 0 aliphatic rings. The Balaban J connectivity index is 1.86. The van der Waals surface area contributed by atoms with Crippen molar-refractivity contribution in [2.75, 3.05) is 13.2 Å². The Morgan fingerprint density at radius 1 is 0.636 bits per heavy atom. The molecule has 0 aliphatic carbocycles. The van der Waals surface area contributed by atoms with E-state index in [-0.39, 0.29) is 25.3 Å². The van der Waals surface area contributed by atoms with Crippen LogP contribution < -0.4 is 10.6 Å². The van der Waals surface area contributed by atoms with Gasteiger partial charge < -0.3 is 20.8 Å². The maximum Gasteiger partial charge on any atom is 0.0600 e. The number of nitrogens with one attached hydrogen (secondary N) is 2.